The fourth-order valence-electron chi connectivity index (χ4n) is 1.33. The smallest absolute Gasteiger partial charge is 0.291 e. The van der Waals surface area contributed by atoms with Crippen molar-refractivity contribution < 1.29 is 4.79 Å². The number of aromatic nitrogens is 6. The van der Waals surface area contributed by atoms with Crippen molar-refractivity contribution in [3.63, 3.8) is 0 Å². The highest BCUT2D eigenvalue weighted by atomic mass is 35.5. The van der Waals surface area contributed by atoms with Crippen LogP contribution in [0.15, 0.2) is 6.20 Å². The molecule has 1 N–H and O–H groups in total. The lowest BCUT2D eigenvalue weighted by atomic mass is 10.5. The summed E-state index contributed by atoms with van der Waals surface area (Å²) in [5.41, 5.74) is 0.833. The van der Waals surface area contributed by atoms with Crippen LogP contribution in [0.3, 0.4) is 0 Å². The van der Waals surface area contributed by atoms with Crippen molar-refractivity contribution in [3.8, 4) is 0 Å². The van der Waals surface area contributed by atoms with Gasteiger partial charge in [-0.1, -0.05) is 5.21 Å². The minimum absolute atomic E-state index is 0.0530. The lowest BCUT2D eigenvalue weighted by Crippen LogP contribution is -2.28. The largest absolute Gasteiger partial charge is 0.347 e. The molecule has 0 saturated heterocycles. The Morgan fingerprint density at radius 3 is 2.89 bits per heavy atom. The monoisotopic (exact) mass is 269 g/mol. The Morgan fingerprint density at radius 1 is 1.56 bits per heavy atom. The third kappa shape index (κ3) is 2.83. The number of halogens is 1. The molecular formula is C9H12ClN7O. The van der Waals surface area contributed by atoms with Gasteiger partial charge in [0.25, 0.3) is 5.91 Å². The third-order valence-corrected chi connectivity index (χ3v) is 2.52. The van der Waals surface area contributed by atoms with E-state index in [2.05, 4.69) is 25.7 Å². The normalized spacial score (nSPS) is 10.6. The van der Waals surface area contributed by atoms with Crippen molar-refractivity contribution in [1.29, 1.82) is 0 Å². The highest BCUT2D eigenvalue weighted by Crippen LogP contribution is 2.02. The molecule has 0 radical (unpaired) electrons. The standard InChI is InChI=1S/C9H12ClN7O/c1-6-5-17(15-13-6)4-3-11-8(18)7-12-9(10)16(2)14-7/h5H,3-4H2,1-2H3,(H,11,18). The molecule has 96 valence electrons. The second kappa shape index (κ2) is 5.13. The second-order valence-electron chi connectivity index (χ2n) is 3.71. The number of nitrogens with one attached hydrogen (secondary N) is 1. The van der Waals surface area contributed by atoms with Gasteiger partial charge < -0.3 is 5.32 Å². The van der Waals surface area contributed by atoms with Gasteiger partial charge in [0, 0.05) is 19.8 Å². The molecule has 1 amide bonds. The van der Waals surface area contributed by atoms with Crippen LogP contribution in [0.2, 0.25) is 5.28 Å². The van der Waals surface area contributed by atoms with Crippen LogP contribution >= 0.6 is 11.6 Å². The first-order valence-corrected chi connectivity index (χ1v) is 5.65. The van der Waals surface area contributed by atoms with Gasteiger partial charge in [-0.25, -0.2) is 4.68 Å². The van der Waals surface area contributed by atoms with Gasteiger partial charge in [-0.15, -0.1) is 10.2 Å². The number of carbonyl (C=O) groups is 1. The van der Waals surface area contributed by atoms with Gasteiger partial charge in [-0.2, -0.15) is 4.98 Å². The predicted octanol–water partition coefficient (Wildman–Crippen LogP) is -0.202. The van der Waals surface area contributed by atoms with Crippen LogP contribution in [-0.2, 0) is 13.6 Å². The molecule has 2 aromatic rings. The molecule has 0 bridgehead atoms. The highest BCUT2D eigenvalue weighted by Gasteiger charge is 2.12. The van der Waals surface area contributed by atoms with Gasteiger partial charge >= 0.3 is 0 Å². The quantitative estimate of drug-likeness (QED) is 0.830. The molecule has 8 nitrogen and oxygen atoms in total. The number of hydrogen-bond donors (Lipinski definition) is 1. The van der Waals surface area contributed by atoms with E-state index in [1.165, 1.54) is 4.68 Å². The first-order chi connectivity index (χ1) is 8.56. The molecule has 0 aliphatic carbocycles. The van der Waals surface area contributed by atoms with Crippen LogP contribution in [0.25, 0.3) is 0 Å². The van der Waals surface area contributed by atoms with Gasteiger partial charge in [0.05, 0.1) is 12.2 Å². The molecule has 0 spiro atoms. The molecule has 0 unspecified atom stereocenters. The van der Waals surface area contributed by atoms with E-state index in [4.69, 9.17) is 11.6 Å². The van der Waals surface area contributed by atoms with E-state index in [-0.39, 0.29) is 17.0 Å². The van der Waals surface area contributed by atoms with Crippen molar-refractivity contribution in [1.82, 2.24) is 35.1 Å². The predicted molar refractivity (Wildman–Crippen MR) is 63.1 cm³/mol. The Morgan fingerprint density at radius 2 is 2.33 bits per heavy atom. The van der Waals surface area contributed by atoms with E-state index in [0.717, 1.165) is 5.69 Å². The molecule has 0 aliphatic heterocycles. The first kappa shape index (κ1) is 12.5. The van der Waals surface area contributed by atoms with Crippen molar-refractivity contribution in [3.05, 3.63) is 23.0 Å². The molecule has 0 aromatic carbocycles. The fourth-order valence-corrected chi connectivity index (χ4v) is 1.45. The Hall–Kier alpha value is -1.96. The zero-order valence-electron chi connectivity index (χ0n) is 9.96. The molecule has 2 heterocycles. The molecule has 9 heteroatoms. The van der Waals surface area contributed by atoms with Crippen LogP contribution in [0.5, 0.6) is 0 Å². The number of amides is 1. The maximum Gasteiger partial charge on any atom is 0.291 e. The Balaban J connectivity index is 1.85. The molecule has 2 rings (SSSR count). The van der Waals surface area contributed by atoms with Crippen LogP contribution < -0.4 is 5.32 Å². The Kier molecular flexibility index (Phi) is 3.56. The number of rotatable bonds is 4. The van der Waals surface area contributed by atoms with E-state index in [9.17, 15) is 4.79 Å². The topological polar surface area (TPSA) is 90.5 Å². The van der Waals surface area contributed by atoms with Crippen molar-refractivity contribution in [2.45, 2.75) is 13.5 Å². The number of carbonyl (C=O) groups excluding carboxylic acids is 1. The molecule has 0 atom stereocenters. The zero-order valence-corrected chi connectivity index (χ0v) is 10.7. The molecule has 0 aliphatic rings. The lowest BCUT2D eigenvalue weighted by Gasteiger charge is -2.01. The van der Waals surface area contributed by atoms with Gasteiger partial charge in [0.2, 0.25) is 11.1 Å². The number of aryl methyl sites for hydroxylation is 2. The summed E-state index contributed by atoms with van der Waals surface area (Å²) in [6.45, 7) is 2.80. The minimum Gasteiger partial charge on any atom is -0.347 e. The molecule has 0 saturated carbocycles. The summed E-state index contributed by atoms with van der Waals surface area (Å²) in [6, 6.07) is 0. The summed E-state index contributed by atoms with van der Waals surface area (Å²) < 4.78 is 2.98. The van der Waals surface area contributed by atoms with E-state index in [0.29, 0.717) is 13.1 Å². The van der Waals surface area contributed by atoms with Crippen molar-refractivity contribution >= 4 is 17.5 Å². The van der Waals surface area contributed by atoms with E-state index >= 15 is 0 Å². The lowest BCUT2D eigenvalue weighted by molar-refractivity contribution is 0.0941. The summed E-state index contributed by atoms with van der Waals surface area (Å²) >= 11 is 5.69. The summed E-state index contributed by atoms with van der Waals surface area (Å²) in [7, 11) is 1.62. The summed E-state index contributed by atoms with van der Waals surface area (Å²) in [5, 5.41) is 14.4. The minimum atomic E-state index is -0.366. The van der Waals surface area contributed by atoms with Crippen LogP contribution in [0.1, 0.15) is 16.3 Å². The van der Waals surface area contributed by atoms with E-state index in [1.807, 2.05) is 6.92 Å². The summed E-state index contributed by atoms with van der Waals surface area (Å²) in [5.74, 6) is -0.313. The zero-order chi connectivity index (χ0) is 13.1. The van der Waals surface area contributed by atoms with E-state index < -0.39 is 0 Å². The number of hydrogen-bond acceptors (Lipinski definition) is 5. The second-order valence-corrected chi connectivity index (χ2v) is 4.05. The van der Waals surface area contributed by atoms with Crippen LogP contribution in [0.4, 0.5) is 0 Å². The van der Waals surface area contributed by atoms with Crippen LogP contribution in [-0.4, -0.2) is 42.2 Å². The molecule has 18 heavy (non-hydrogen) atoms. The van der Waals surface area contributed by atoms with Crippen LogP contribution in [0, 0.1) is 6.92 Å². The first-order valence-electron chi connectivity index (χ1n) is 5.28. The summed E-state index contributed by atoms with van der Waals surface area (Å²) in [4.78, 5) is 15.5. The maximum absolute atomic E-state index is 11.7. The van der Waals surface area contributed by atoms with E-state index in [1.54, 1.807) is 17.9 Å². The Bertz CT molecular complexity index is 542. The van der Waals surface area contributed by atoms with Gasteiger partial charge in [0.1, 0.15) is 0 Å². The number of nitrogens with zero attached hydrogens (tertiary/aromatic N) is 6. The maximum atomic E-state index is 11.7. The fraction of sp³-hybridized carbons (Fsp3) is 0.444. The van der Waals surface area contributed by atoms with Gasteiger partial charge in [0.15, 0.2) is 0 Å². The molecule has 2 aromatic heterocycles. The third-order valence-electron chi connectivity index (χ3n) is 2.19. The molecular weight excluding hydrogens is 258 g/mol. The van der Waals surface area contributed by atoms with Crippen molar-refractivity contribution in [2.24, 2.45) is 7.05 Å². The molecule has 0 fully saturated rings. The van der Waals surface area contributed by atoms with Crippen molar-refractivity contribution in [2.75, 3.05) is 6.54 Å². The van der Waals surface area contributed by atoms with Gasteiger partial charge in [-0.05, 0) is 18.5 Å². The SMILES string of the molecule is Cc1cn(CCNC(=O)c2nc(Cl)n(C)n2)nn1. The average molecular weight is 270 g/mol. The highest BCUT2D eigenvalue weighted by molar-refractivity contribution is 6.28. The Labute approximate surface area is 108 Å². The van der Waals surface area contributed by atoms with Gasteiger partial charge in [-0.3, -0.25) is 9.48 Å². The summed E-state index contributed by atoms with van der Waals surface area (Å²) in [6.07, 6.45) is 1.79. The average Bonchev–Trinajstić information content (AvgIpc) is 2.87.